The fourth-order valence-electron chi connectivity index (χ4n) is 3.04. The van der Waals surface area contributed by atoms with Gasteiger partial charge in [0.2, 0.25) is 5.91 Å². The molecule has 0 radical (unpaired) electrons. The van der Waals surface area contributed by atoms with E-state index < -0.39 is 6.61 Å². The lowest BCUT2D eigenvalue weighted by Crippen LogP contribution is -2.42. The third kappa shape index (κ3) is 7.02. The number of alkyl halides is 2. The molecular formula is C22H28F2N2O3. The van der Waals surface area contributed by atoms with Crippen LogP contribution in [0, 0.1) is 0 Å². The summed E-state index contributed by atoms with van der Waals surface area (Å²) in [6.07, 6.45) is 0. The number of methoxy groups -OCH3 is 1. The topological polar surface area (TPSA) is 42.0 Å². The minimum absolute atomic E-state index is 0.00363. The number of likely N-dealkylation sites (N-methyl/N-ethyl adjacent to an activating group) is 1. The van der Waals surface area contributed by atoms with Gasteiger partial charge in [-0.25, -0.2) is 0 Å². The second kappa shape index (κ2) is 10.8. The van der Waals surface area contributed by atoms with Crippen LogP contribution in [-0.4, -0.2) is 49.1 Å². The van der Waals surface area contributed by atoms with Gasteiger partial charge in [0.25, 0.3) is 0 Å². The van der Waals surface area contributed by atoms with Crippen LogP contribution < -0.4 is 9.47 Å². The zero-order chi connectivity index (χ0) is 21.4. The molecule has 0 spiro atoms. The molecule has 5 nitrogen and oxygen atoms in total. The minimum atomic E-state index is -2.93. The smallest absolute Gasteiger partial charge is 0.387 e. The maximum absolute atomic E-state index is 12.8. The summed E-state index contributed by atoms with van der Waals surface area (Å²) in [5.74, 6) is 0.221. The molecule has 0 saturated carbocycles. The summed E-state index contributed by atoms with van der Waals surface area (Å²) in [6.45, 7) is 2.20. The molecule has 0 bridgehead atoms. The van der Waals surface area contributed by atoms with Crippen molar-refractivity contribution in [3.05, 3.63) is 59.7 Å². The van der Waals surface area contributed by atoms with E-state index in [0.717, 1.165) is 11.1 Å². The molecule has 0 heterocycles. The zero-order valence-electron chi connectivity index (χ0n) is 17.3. The number of amides is 1. The number of hydrogen-bond acceptors (Lipinski definition) is 4. The Labute approximate surface area is 170 Å². The average molecular weight is 406 g/mol. The van der Waals surface area contributed by atoms with Crippen molar-refractivity contribution in [1.82, 2.24) is 9.80 Å². The molecule has 2 rings (SSSR count). The Hall–Kier alpha value is -2.67. The Bertz CT molecular complexity index is 785. The van der Waals surface area contributed by atoms with E-state index >= 15 is 0 Å². The summed E-state index contributed by atoms with van der Waals surface area (Å²) in [5.41, 5.74) is 1.82. The molecule has 0 N–H and O–H groups in total. The standard InChI is InChI=1S/C22H28F2N2O3/c1-16(2)26(14-17-8-6-5-7-9-17)21(27)15-25(3)13-18-10-11-19(28-4)20(12-18)29-22(23)24/h5-12,16,22H,13-15H2,1-4H3. The number of hydrogen-bond donors (Lipinski definition) is 0. The number of nitrogens with zero attached hydrogens (tertiary/aromatic N) is 2. The molecule has 29 heavy (non-hydrogen) atoms. The second-order valence-electron chi connectivity index (χ2n) is 7.14. The largest absolute Gasteiger partial charge is 0.493 e. The van der Waals surface area contributed by atoms with Gasteiger partial charge >= 0.3 is 6.61 Å². The van der Waals surface area contributed by atoms with Gasteiger partial charge in [-0.15, -0.1) is 0 Å². The van der Waals surface area contributed by atoms with E-state index in [4.69, 9.17) is 4.74 Å². The number of benzene rings is 2. The van der Waals surface area contributed by atoms with Crippen molar-refractivity contribution in [3.8, 4) is 11.5 Å². The van der Waals surface area contributed by atoms with Crippen molar-refractivity contribution in [2.75, 3.05) is 20.7 Å². The Balaban J connectivity index is 2.02. The SMILES string of the molecule is COc1ccc(CN(C)CC(=O)N(Cc2ccccc2)C(C)C)cc1OC(F)F. The van der Waals surface area contributed by atoms with Gasteiger partial charge in [-0.3, -0.25) is 9.69 Å². The third-order valence-electron chi connectivity index (χ3n) is 4.44. The van der Waals surface area contributed by atoms with Crippen LogP contribution in [-0.2, 0) is 17.9 Å². The van der Waals surface area contributed by atoms with Crippen LogP contribution in [0.15, 0.2) is 48.5 Å². The number of ether oxygens (including phenoxy) is 2. The van der Waals surface area contributed by atoms with Crippen LogP contribution >= 0.6 is 0 Å². The summed E-state index contributed by atoms with van der Waals surface area (Å²) in [4.78, 5) is 16.5. The molecule has 0 saturated heterocycles. The van der Waals surface area contributed by atoms with Gasteiger partial charge in [0.15, 0.2) is 11.5 Å². The van der Waals surface area contributed by atoms with Crippen molar-refractivity contribution >= 4 is 5.91 Å². The molecule has 0 atom stereocenters. The van der Waals surface area contributed by atoms with Crippen LogP contribution in [0.3, 0.4) is 0 Å². The third-order valence-corrected chi connectivity index (χ3v) is 4.44. The van der Waals surface area contributed by atoms with Crippen molar-refractivity contribution in [1.29, 1.82) is 0 Å². The molecule has 0 aliphatic heterocycles. The van der Waals surface area contributed by atoms with Crippen molar-refractivity contribution in [2.24, 2.45) is 0 Å². The van der Waals surface area contributed by atoms with Crippen molar-refractivity contribution in [3.63, 3.8) is 0 Å². The highest BCUT2D eigenvalue weighted by molar-refractivity contribution is 5.78. The number of rotatable bonds is 10. The van der Waals surface area contributed by atoms with Crippen LogP contribution in [0.4, 0.5) is 8.78 Å². The molecule has 2 aromatic rings. The molecular weight excluding hydrogens is 378 g/mol. The summed E-state index contributed by atoms with van der Waals surface area (Å²) < 4.78 is 34.8. The lowest BCUT2D eigenvalue weighted by molar-refractivity contribution is -0.134. The highest BCUT2D eigenvalue weighted by atomic mass is 19.3. The molecule has 0 aliphatic rings. The summed E-state index contributed by atoms with van der Waals surface area (Å²) in [6, 6.07) is 14.8. The van der Waals surface area contributed by atoms with Gasteiger partial charge in [-0.05, 0) is 44.2 Å². The van der Waals surface area contributed by atoms with E-state index in [9.17, 15) is 13.6 Å². The van der Waals surface area contributed by atoms with Crippen molar-refractivity contribution in [2.45, 2.75) is 39.6 Å². The molecule has 0 aromatic heterocycles. The van der Waals surface area contributed by atoms with Crippen molar-refractivity contribution < 1.29 is 23.0 Å². The maximum Gasteiger partial charge on any atom is 0.387 e. The van der Waals surface area contributed by atoms with Gasteiger partial charge in [0, 0.05) is 19.1 Å². The number of halogens is 2. The molecule has 0 aliphatic carbocycles. The molecule has 0 fully saturated rings. The first-order valence-corrected chi connectivity index (χ1v) is 9.43. The maximum atomic E-state index is 12.8. The Morgan fingerprint density at radius 3 is 2.28 bits per heavy atom. The second-order valence-corrected chi connectivity index (χ2v) is 7.14. The highest BCUT2D eigenvalue weighted by Crippen LogP contribution is 2.29. The van der Waals surface area contributed by atoms with Gasteiger partial charge in [-0.2, -0.15) is 8.78 Å². The Morgan fingerprint density at radius 1 is 1.00 bits per heavy atom. The van der Waals surface area contributed by atoms with E-state index in [1.807, 2.05) is 61.0 Å². The predicted octanol–water partition coefficient (Wildman–Crippen LogP) is 4.17. The van der Waals surface area contributed by atoms with Crippen LogP contribution in [0.5, 0.6) is 11.5 Å². The lowest BCUT2D eigenvalue weighted by atomic mass is 10.1. The van der Waals surface area contributed by atoms with Gasteiger partial charge in [-0.1, -0.05) is 36.4 Å². The molecule has 1 amide bonds. The van der Waals surface area contributed by atoms with Gasteiger partial charge in [0.1, 0.15) is 0 Å². The molecule has 7 heteroatoms. The molecule has 2 aromatic carbocycles. The monoisotopic (exact) mass is 406 g/mol. The fraction of sp³-hybridized carbons (Fsp3) is 0.409. The quantitative estimate of drug-likeness (QED) is 0.594. The minimum Gasteiger partial charge on any atom is -0.493 e. The van der Waals surface area contributed by atoms with Gasteiger partial charge < -0.3 is 14.4 Å². The summed E-state index contributed by atoms with van der Waals surface area (Å²) in [5, 5.41) is 0. The highest BCUT2D eigenvalue weighted by Gasteiger charge is 2.19. The van der Waals surface area contributed by atoms with E-state index in [-0.39, 0.29) is 30.0 Å². The Morgan fingerprint density at radius 2 is 1.69 bits per heavy atom. The Kier molecular flexibility index (Phi) is 8.39. The average Bonchev–Trinajstić information content (AvgIpc) is 2.66. The molecule has 0 unspecified atom stereocenters. The normalized spacial score (nSPS) is 11.2. The first-order chi connectivity index (χ1) is 13.8. The van der Waals surface area contributed by atoms with E-state index in [2.05, 4.69) is 4.74 Å². The lowest BCUT2D eigenvalue weighted by Gasteiger charge is -2.29. The summed E-state index contributed by atoms with van der Waals surface area (Å²) in [7, 11) is 3.21. The van der Waals surface area contributed by atoms with E-state index in [1.165, 1.54) is 13.2 Å². The van der Waals surface area contributed by atoms with E-state index in [1.54, 1.807) is 12.1 Å². The zero-order valence-corrected chi connectivity index (χ0v) is 17.3. The van der Waals surface area contributed by atoms with E-state index in [0.29, 0.717) is 13.1 Å². The van der Waals surface area contributed by atoms with Gasteiger partial charge in [0.05, 0.1) is 13.7 Å². The first-order valence-electron chi connectivity index (χ1n) is 9.43. The van der Waals surface area contributed by atoms with Crippen LogP contribution in [0.25, 0.3) is 0 Å². The number of carbonyl (C=O) groups is 1. The number of carbonyl (C=O) groups excluding carboxylic acids is 1. The van der Waals surface area contributed by atoms with Crippen LogP contribution in [0.2, 0.25) is 0 Å². The summed E-state index contributed by atoms with van der Waals surface area (Å²) >= 11 is 0. The predicted molar refractivity (Wildman–Crippen MR) is 108 cm³/mol. The fourth-order valence-corrected chi connectivity index (χ4v) is 3.04. The first kappa shape index (κ1) is 22.6. The van der Waals surface area contributed by atoms with Crippen LogP contribution in [0.1, 0.15) is 25.0 Å². The molecule has 158 valence electrons.